The number of nitrogens with zero attached hydrogens (tertiary/aromatic N) is 1. The van der Waals surface area contributed by atoms with E-state index in [9.17, 15) is 0 Å². The van der Waals surface area contributed by atoms with Gasteiger partial charge in [-0.3, -0.25) is 0 Å². The van der Waals surface area contributed by atoms with Gasteiger partial charge in [-0.05, 0) is 43.5 Å². The van der Waals surface area contributed by atoms with E-state index in [2.05, 4.69) is 16.8 Å². The highest BCUT2D eigenvalue weighted by Crippen LogP contribution is 2.27. The van der Waals surface area contributed by atoms with Crippen molar-refractivity contribution in [3.8, 4) is 17.6 Å². The Bertz CT molecular complexity index is 620. The lowest BCUT2D eigenvalue weighted by molar-refractivity contribution is 0.368. The third kappa shape index (κ3) is 3.74. The molecule has 1 heterocycles. The van der Waals surface area contributed by atoms with Gasteiger partial charge in [-0.2, -0.15) is 0 Å². The molecule has 0 aliphatic heterocycles. The number of halogens is 1. The Kier molecular flexibility index (Phi) is 4.43. The molecule has 1 aromatic carbocycles. The molecule has 0 saturated carbocycles. The quantitative estimate of drug-likeness (QED) is 0.776. The number of pyridine rings is 1. The van der Waals surface area contributed by atoms with Crippen LogP contribution in [0, 0.1) is 25.7 Å². The highest BCUT2D eigenvalue weighted by molar-refractivity contribution is 6.32. The summed E-state index contributed by atoms with van der Waals surface area (Å²) in [6.07, 6.45) is 0. The summed E-state index contributed by atoms with van der Waals surface area (Å²) < 4.78 is 5.59. The van der Waals surface area contributed by atoms with Crippen molar-refractivity contribution in [2.75, 3.05) is 6.61 Å². The molecule has 0 aliphatic carbocycles. The molecule has 0 radical (unpaired) electrons. The fraction of sp³-hybridized carbons (Fsp3) is 0.188. The second kappa shape index (κ2) is 6.26. The first-order valence-electron chi connectivity index (χ1n) is 5.97. The van der Waals surface area contributed by atoms with E-state index in [1.807, 2.05) is 44.2 Å². The number of benzene rings is 1. The van der Waals surface area contributed by atoms with Crippen LogP contribution in [0.3, 0.4) is 0 Å². The van der Waals surface area contributed by atoms with E-state index in [1.165, 1.54) is 0 Å². The van der Waals surface area contributed by atoms with Crippen LogP contribution in [0.4, 0.5) is 0 Å². The topological polar surface area (TPSA) is 22.1 Å². The van der Waals surface area contributed by atoms with E-state index < -0.39 is 0 Å². The highest BCUT2D eigenvalue weighted by atomic mass is 35.5. The average Bonchev–Trinajstić information content (AvgIpc) is 2.37. The van der Waals surface area contributed by atoms with E-state index in [4.69, 9.17) is 16.3 Å². The molecule has 96 valence electrons. The summed E-state index contributed by atoms with van der Waals surface area (Å²) in [5.74, 6) is 6.59. The summed E-state index contributed by atoms with van der Waals surface area (Å²) in [5.41, 5.74) is 2.71. The molecule has 0 atom stereocenters. The summed E-state index contributed by atoms with van der Waals surface area (Å²) in [7, 11) is 0. The van der Waals surface area contributed by atoms with E-state index in [-0.39, 0.29) is 0 Å². The SMILES string of the molecule is Cc1cccc(C#CCOc2c(C)cccc2Cl)n1. The molecule has 0 N–H and O–H groups in total. The zero-order chi connectivity index (χ0) is 13.7. The number of para-hydroxylation sites is 1. The predicted molar refractivity (Wildman–Crippen MR) is 77.5 cm³/mol. The number of hydrogen-bond donors (Lipinski definition) is 0. The summed E-state index contributed by atoms with van der Waals surface area (Å²) in [6, 6.07) is 11.4. The molecule has 0 amide bonds. The molecule has 2 aromatic rings. The van der Waals surface area contributed by atoms with Crippen LogP contribution >= 0.6 is 11.6 Å². The highest BCUT2D eigenvalue weighted by Gasteiger charge is 2.03. The predicted octanol–water partition coefficient (Wildman–Crippen LogP) is 3.78. The molecule has 0 spiro atoms. The molecule has 2 rings (SSSR count). The van der Waals surface area contributed by atoms with Crippen molar-refractivity contribution in [2.45, 2.75) is 13.8 Å². The second-order valence-electron chi connectivity index (χ2n) is 4.14. The molecule has 0 fully saturated rings. The van der Waals surface area contributed by atoms with Gasteiger partial charge >= 0.3 is 0 Å². The fourth-order valence-electron chi connectivity index (χ4n) is 1.65. The smallest absolute Gasteiger partial charge is 0.149 e. The van der Waals surface area contributed by atoms with Crippen LogP contribution in [0.15, 0.2) is 36.4 Å². The molecular weight excluding hydrogens is 258 g/mol. The molecule has 0 aliphatic rings. The van der Waals surface area contributed by atoms with Crippen LogP contribution in [0.25, 0.3) is 0 Å². The second-order valence-corrected chi connectivity index (χ2v) is 4.55. The lowest BCUT2D eigenvalue weighted by Crippen LogP contribution is -1.97. The third-order valence-electron chi connectivity index (χ3n) is 2.56. The van der Waals surface area contributed by atoms with Gasteiger partial charge in [0, 0.05) is 5.69 Å². The summed E-state index contributed by atoms with van der Waals surface area (Å²) in [6.45, 7) is 4.19. The number of aromatic nitrogens is 1. The van der Waals surface area contributed by atoms with Crippen LogP contribution in [-0.2, 0) is 0 Å². The Balaban J connectivity index is 2.01. The largest absolute Gasteiger partial charge is 0.479 e. The van der Waals surface area contributed by atoms with Gasteiger partial charge in [0.2, 0.25) is 0 Å². The van der Waals surface area contributed by atoms with Gasteiger partial charge < -0.3 is 4.74 Å². The molecule has 0 saturated heterocycles. The number of aryl methyl sites for hydroxylation is 2. The lowest BCUT2D eigenvalue weighted by Gasteiger charge is -2.07. The van der Waals surface area contributed by atoms with E-state index >= 15 is 0 Å². The lowest BCUT2D eigenvalue weighted by atomic mass is 10.2. The number of rotatable bonds is 2. The normalized spacial score (nSPS) is 9.63. The van der Waals surface area contributed by atoms with Crippen LogP contribution < -0.4 is 4.74 Å². The van der Waals surface area contributed by atoms with Crippen molar-refractivity contribution in [3.63, 3.8) is 0 Å². The van der Waals surface area contributed by atoms with Gasteiger partial charge in [0.15, 0.2) is 0 Å². The Morgan fingerprint density at radius 1 is 1.16 bits per heavy atom. The number of hydrogen-bond acceptors (Lipinski definition) is 2. The zero-order valence-corrected chi connectivity index (χ0v) is 11.7. The van der Waals surface area contributed by atoms with E-state index in [1.54, 1.807) is 6.07 Å². The minimum Gasteiger partial charge on any atom is -0.479 e. The van der Waals surface area contributed by atoms with Crippen molar-refractivity contribution < 1.29 is 4.74 Å². The minimum atomic E-state index is 0.292. The van der Waals surface area contributed by atoms with Crippen molar-refractivity contribution in [2.24, 2.45) is 0 Å². The maximum absolute atomic E-state index is 6.06. The van der Waals surface area contributed by atoms with Crippen molar-refractivity contribution >= 4 is 11.6 Å². The van der Waals surface area contributed by atoms with E-state index in [0.717, 1.165) is 17.0 Å². The van der Waals surface area contributed by atoms with Gasteiger partial charge in [0.05, 0.1) is 5.02 Å². The minimum absolute atomic E-state index is 0.292. The van der Waals surface area contributed by atoms with Gasteiger partial charge in [-0.15, -0.1) is 0 Å². The molecule has 1 aromatic heterocycles. The van der Waals surface area contributed by atoms with Crippen molar-refractivity contribution in [3.05, 3.63) is 58.4 Å². The maximum Gasteiger partial charge on any atom is 0.149 e. The van der Waals surface area contributed by atoms with Crippen LogP contribution in [-0.4, -0.2) is 11.6 Å². The van der Waals surface area contributed by atoms with Crippen molar-refractivity contribution in [1.29, 1.82) is 0 Å². The van der Waals surface area contributed by atoms with Gasteiger partial charge in [0.25, 0.3) is 0 Å². The molecule has 2 nitrogen and oxygen atoms in total. The molecule has 0 bridgehead atoms. The molecule has 19 heavy (non-hydrogen) atoms. The van der Waals surface area contributed by atoms with Gasteiger partial charge in [0.1, 0.15) is 18.1 Å². The maximum atomic E-state index is 6.06. The Hall–Kier alpha value is -1.98. The Morgan fingerprint density at radius 2 is 1.95 bits per heavy atom. The van der Waals surface area contributed by atoms with Gasteiger partial charge in [-0.25, -0.2) is 4.98 Å². The molecular formula is C16H14ClNO. The standard InChI is InChI=1S/C16H14ClNO/c1-12-6-3-10-15(17)16(12)19-11-5-9-14-8-4-7-13(2)18-14/h3-4,6-8,10H,11H2,1-2H3. The fourth-order valence-corrected chi connectivity index (χ4v) is 1.92. The van der Waals surface area contributed by atoms with Gasteiger partial charge in [-0.1, -0.05) is 35.7 Å². The van der Waals surface area contributed by atoms with E-state index in [0.29, 0.717) is 17.4 Å². The third-order valence-corrected chi connectivity index (χ3v) is 2.85. The Labute approximate surface area is 118 Å². The number of ether oxygens (including phenoxy) is 1. The summed E-state index contributed by atoms with van der Waals surface area (Å²) in [4.78, 5) is 4.30. The zero-order valence-electron chi connectivity index (χ0n) is 10.9. The molecule has 0 unspecified atom stereocenters. The van der Waals surface area contributed by atoms with Crippen LogP contribution in [0.5, 0.6) is 5.75 Å². The van der Waals surface area contributed by atoms with Crippen molar-refractivity contribution in [1.82, 2.24) is 4.98 Å². The average molecular weight is 272 g/mol. The first-order chi connectivity index (χ1) is 9.16. The summed E-state index contributed by atoms with van der Waals surface area (Å²) in [5, 5.41) is 0.607. The first-order valence-corrected chi connectivity index (χ1v) is 6.35. The monoisotopic (exact) mass is 271 g/mol. The van der Waals surface area contributed by atoms with Crippen LogP contribution in [0.1, 0.15) is 17.0 Å². The molecule has 3 heteroatoms. The summed E-state index contributed by atoms with van der Waals surface area (Å²) >= 11 is 6.06. The van der Waals surface area contributed by atoms with Crippen LogP contribution in [0.2, 0.25) is 5.02 Å². The Morgan fingerprint density at radius 3 is 2.68 bits per heavy atom. The first kappa shape index (κ1) is 13.5.